The Morgan fingerprint density at radius 2 is 2.15 bits per heavy atom. The van der Waals surface area contributed by atoms with Gasteiger partial charge in [-0.1, -0.05) is 0 Å². The van der Waals surface area contributed by atoms with Crippen molar-refractivity contribution in [3.8, 4) is 5.82 Å². The first-order valence-corrected chi connectivity index (χ1v) is 5.54. The molecule has 0 spiro atoms. The van der Waals surface area contributed by atoms with Gasteiger partial charge >= 0.3 is 12.1 Å². The van der Waals surface area contributed by atoms with Gasteiger partial charge in [-0.05, 0) is 13.0 Å². The Morgan fingerprint density at radius 1 is 1.40 bits per heavy atom. The number of esters is 1. The minimum Gasteiger partial charge on any atom is -0.461 e. The van der Waals surface area contributed by atoms with E-state index in [9.17, 15) is 18.0 Å². The van der Waals surface area contributed by atoms with E-state index >= 15 is 0 Å². The standard InChI is InChI=1S/C11H9F3N4O2/c1-2-20-10(19)7-3-4-18(17-7)9-6-15-5-8(16-9)11(12,13)14/h3-6H,2H2,1H3. The van der Waals surface area contributed by atoms with Crippen LogP contribution in [-0.2, 0) is 10.9 Å². The van der Waals surface area contributed by atoms with Gasteiger partial charge in [0.15, 0.2) is 17.2 Å². The summed E-state index contributed by atoms with van der Waals surface area (Å²) in [6.07, 6.45) is -1.58. The third kappa shape index (κ3) is 2.92. The van der Waals surface area contributed by atoms with Crippen molar-refractivity contribution in [2.45, 2.75) is 13.1 Å². The summed E-state index contributed by atoms with van der Waals surface area (Å²) in [5.41, 5.74) is -1.16. The highest BCUT2D eigenvalue weighted by molar-refractivity contribution is 5.87. The molecule has 0 atom stereocenters. The molecule has 2 aromatic heterocycles. The van der Waals surface area contributed by atoms with E-state index < -0.39 is 17.8 Å². The number of nitrogens with zero attached hydrogens (tertiary/aromatic N) is 4. The van der Waals surface area contributed by atoms with E-state index in [1.165, 1.54) is 12.3 Å². The number of carbonyl (C=O) groups excluding carboxylic acids is 1. The number of rotatable bonds is 3. The first-order chi connectivity index (χ1) is 9.41. The molecule has 0 aliphatic carbocycles. The molecule has 2 aromatic rings. The molecule has 9 heteroatoms. The van der Waals surface area contributed by atoms with Gasteiger partial charge in [-0.3, -0.25) is 4.98 Å². The monoisotopic (exact) mass is 286 g/mol. The van der Waals surface area contributed by atoms with Crippen molar-refractivity contribution >= 4 is 5.97 Å². The molecule has 20 heavy (non-hydrogen) atoms. The maximum atomic E-state index is 12.5. The summed E-state index contributed by atoms with van der Waals surface area (Å²) in [7, 11) is 0. The van der Waals surface area contributed by atoms with Crippen molar-refractivity contribution in [3.63, 3.8) is 0 Å². The summed E-state index contributed by atoms with van der Waals surface area (Å²) in [4.78, 5) is 18.3. The molecule has 106 valence electrons. The van der Waals surface area contributed by atoms with Crippen LogP contribution in [0.5, 0.6) is 0 Å². The van der Waals surface area contributed by atoms with Crippen LogP contribution in [0.3, 0.4) is 0 Å². The molecule has 0 aliphatic rings. The number of hydrogen-bond acceptors (Lipinski definition) is 5. The van der Waals surface area contributed by atoms with Crippen LogP contribution < -0.4 is 0 Å². The summed E-state index contributed by atoms with van der Waals surface area (Å²) in [6.45, 7) is 1.81. The van der Waals surface area contributed by atoms with Crippen LogP contribution >= 0.6 is 0 Å². The SMILES string of the molecule is CCOC(=O)c1ccn(-c2cncc(C(F)(F)F)n2)n1. The van der Waals surface area contributed by atoms with Gasteiger partial charge in [-0.2, -0.15) is 18.3 Å². The lowest BCUT2D eigenvalue weighted by molar-refractivity contribution is -0.141. The van der Waals surface area contributed by atoms with Gasteiger partial charge < -0.3 is 4.74 Å². The summed E-state index contributed by atoms with van der Waals surface area (Å²) in [6, 6.07) is 1.32. The van der Waals surface area contributed by atoms with Gasteiger partial charge in [0, 0.05) is 6.20 Å². The summed E-state index contributed by atoms with van der Waals surface area (Å²) >= 11 is 0. The Morgan fingerprint density at radius 3 is 2.80 bits per heavy atom. The molecule has 0 fully saturated rings. The Balaban J connectivity index is 2.31. The van der Waals surface area contributed by atoms with E-state index in [1.807, 2.05) is 0 Å². The number of halogens is 3. The van der Waals surface area contributed by atoms with E-state index in [1.54, 1.807) is 6.92 Å². The van der Waals surface area contributed by atoms with Crippen LogP contribution in [0.4, 0.5) is 13.2 Å². The predicted molar refractivity (Wildman–Crippen MR) is 60.1 cm³/mol. The second-order valence-corrected chi connectivity index (χ2v) is 3.63. The lowest BCUT2D eigenvalue weighted by atomic mass is 10.4. The third-order valence-electron chi connectivity index (χ3n) is 2.22. The summed E-state index contributed by atoms with van der Waals surface area (Å²) in [5.74, 6) is -0.804. The second kappa shape index (κ2) is 5.27. The lowest BCUT2D eigenvalue weighted by Crippen LogP contribution is -2.12. The molecule has 0 aliphatic heterocycles. The minimum atomic E-state index is -4.60. The van der Waals surface area contributed by atoms with Crippen molar-refractivity contribution < 1.29 is 22.7 Å². The van der Waals surface area contributed by atoms with Crippen LogP contribution in [0.15, 0.2) is 24.7 Å². The molecule has 0 N–H and O–H groups in total. The number of hydrogen-bond donors (Lipinski definition) is 0. The molecule has 2 heterocycles. The molecule has 0 amide bonds. The van der Waals surface area contributed by atoms with Crippen LogP contribution in [-0.4, -0.2) is 32.3 Å². The van der Waals surface area contributed by atoms with E-state index in [2.05, 4.69) is 15.1 Å². The molecule has 0 unspecified atom stereocenters. The smallest absolute Gasteiger partial charge is 0.434 e. The molecule has 0 aromatic carbocycles. The fourth-order valence-electron chi connectivity index (χ4n) is 1.37. The van der Waals surface area contributed by atoms with E-state index in [0.717, 1.165) is 10.9 Å². The highest BCUT2D eigenvalue weighted by Crippen LogP contribution is 2.27. The minimum absolute atomic E-state index is 0.0222. The maximum absolute atomic E-state index is 12.5. The van der Waals surface area contributed by atoms with Gasteiger partial charge in [0.05, 0.1) is 19.0 Å². The zero-order valence-corrected chi connectivity index (χ0v) is 10.3. The largest absolute Gasteiger partial charge is 0.461 e. The van der Waals surface area contributed by atoms with Crippen LogP contribution in [0, 0.1) is 0 Å². The third-order valence-corrected chi connectivity index (χ3v) is 2.22. The molecule has 6 nitrogen and oxygen atoms in total. The maximum Gasteiger partial charge on any atom is 0.434 e. The fourth-order valence-corrected chi connectivity index (χ4v) is 1.37. The zero-order valence-electron chi connectivity index (χ0n) is 10.3. The average Bonchev–Trinajstić information content (AvgIpc) is 2.88. The van der Waals surface area contributed by atoms with Crippen molar-refractivity contribution in [1.29, 1.82) is 0 Å². The molecule has 0 radical (unpaired) electrons. The molecule has 2 rings (SSSR count). The van der Waals surface area contributed by atoms with Crippen LogP contribution in [0.2, 0.25) is 0 Å². The van der Waals surface area contributed by atoms with E-state index in [-0.39, 0.29) is 18.1 Å². The van der Waals surface area contributed by atoms with Crippen LogP contribution in [0.1, 0.15) is 23.1 Å². The molecular weight excluding hydrogens is 277 g/mol. The van der Waals surface area contributed by atoms with Gasteiger partial charge in [-0.25, -0.2) is 14.5 Å². The zero-order chi connectivity index (χ0) is 14.8. The highest BCUT2D eigenvalue weighted by Gasteiger charge is 2.33. The highest BCUT2D eigenvalue weighted by atomic mass is 19.4. The first kappa shape index (κ1) is 14.0. The van der Waals surface area contributed by atoms with Crippen molar-refractivity contribution in [2.75, 3.05) is 6.61 Å². The molecular formula is C11H9F3N4O2. The first-order valence-electron chi connectivity index (χ1n) is 5.54. The number of ether oxygens (including phenoxy) is 1. The molecule has 0 bridgehead atoms. The Hall–Kier alpha value is -2.45. The number of alkyl halides is 3. The van der Waals surface area contributed by atoms with E-state index in [4.69, 9.17) is 4.74 Å². The average molecular weight is 286 g/mol. The van der Waals surface area contributed by atoms with Crippen molar-refractivity contribution in [3.05, 3.63) is 36.0 Å². The predicted octanol–water partition coefficient (Wildman–Crippen LogP) is 1.86. The van der Waals surface area contributed by atoms with Crippen LogP contribution in [0.25, 0.3) is 5.82 Å². The lowest BCUT2D eigenvalue weighted by Gasteiger charge is -2.06. The number of aromatic nitrogens is 4. The van der Waals surface area contributed by atoms with Crippen molar-refractivity contribution in [2.24, 2.45) is 0 Å². The van der Waals surface area contributed by atoms with Crippen molar-refractivity contribution in [1.82, 2.24) is 19.7 Å². The van der Waals surface area contributed by atoms with E-state index in [0.29, 0.717) is 6.20 Å². The molecule has 0 saturated carbocycles. The number of carbonyl (C=O) groups is 1. The van der Waals surface area contributed by atoms with Gasteiger partial charge in [0.2, 0.25) is 0 Å². The Bertz CT molecular complexity index is 624. The van der Waals surface area contributed by atoms with Gasteiger partial charge in [0.1, 0.15) is 0 Å². The quantitative estimate of drug-likeness (QED) is 0.805. The summed E-state index contributed by atoms with van der Waals surface area (Å²) in [5, 5.41) is 3.79. The van der Waals surface area contributed by atoms with Gasteiger partial charge in [0.25, 0.3) is 0 Å². The summed E-state index contributed by atoms with van der Waals surface area (Å²) < 4.78 is 43.3. The topological polar surface area (TPSA) is 69.9 Å². The second-order valence-electron chi connectivity index (χ2n) is 3.63. The Kier molecular flexibility index (Phi) is 3.68. The van der Waals surface area contributed by atoms with Gasteiger partial charge in [-0.15, -0.1) is 0 Å². The normalized spacial score (nSPS) is 11.4. The Labute approximate surface area is 111 Å². The fraction of sp³-hybridized carbons (Fsp3) is 0.273. The molecule has 0 saturated heterocycles.